The van der Waals surface area contributed by atoms with E-state index in [0.717, 1.165) is 0 Å². The van der Waals surface area contributed by atoms with E-state index in [1.165, 1.54) is 4.31 Å². The minimum Gasteiger partial charge on any atom is -0.481 e. The fourth-order valence-corrected chi connectivity index (χ4v) is 3.49. The molecular weight excluding hydrogens is 232 g/mol. The lowest BCUT2D eigenvalue weighted by Crippen LogP contribution is -2.52. The highest BCUT2D eigenvalue weighted by atomic mass is 32.2. The molecular formula is C9H18N2O4S. The monoisotopic (exact) mass is 250 g/mol. The van der Waals surface area contributed by atoms with E-state index in [-0.39, 0.29) is 24.6 Å². The van der Waals surface area contributed by atoms with Crippen LogP contribution >= 0.6 is 0 Å². The number of rotatable bonds is 5. The summed E-state index contributed by atoms with van der Waals surface area (Å²) < 4.78 is 25.2. The first-order valence-electron chi connectivity index (χ1n) is 5.35. The van der Waals surface area contributed by atoms with Crippen LogP contribution < -0.4 is 5.32 Å². The van der Waals surface area contributed by atoms with Gasteiger partial charge in [0.1, 0.15) is 0 Å². The summed E-state index contributed by atoms with van der Waals surface area (Å²) in [6, 6.07) is -0.0522. The van der Waals surface area contributed by atoms with E-state index in [0.29, 0.717) is 19.6 Å². The van der Waals surface area contributed by atoms with Gasteiger partial charge in [-0.05, 0) is 13.3 Å². The van der Waals surface area contributed by atoms with E-state index in [4.69, 9.17) is 5.11 Å². The lowest BCUT2D eigenvalue weighted by Gasteiger charge is -2.32. The maximum atomic E-state index is 11.9. The molecule has 0 spiro atoms. The van der Waals surface area contributed by atoms with Crippen molar-refractivity contribution < 1.29 is 18.3 Å². The number of carbonyl (C=O) groups is 1. The van der Waals surface area contributed by atoms with Crippen LogP contribution in [0.3, 0.4) is 0 Å². The van der Waals surface area contributed by atoms with Gasteiger partial charge < -0.3 is 10.4 Å². The van der Waals surface area contributed by atoms with Crippen molar-refractivity contribution in [3.63, 3.8) is 0 Å². The molecule has 1 aliphatic heterocycles. The maximum Gasteiger partial charge on any atom is 0.303 e. The second kappa shape index (κ2) is 5.60. The van der Waals surface area contributed by atoms with Gasteiger partial charge in [0.05, 0.1) is 5.75 Å². The predicted octanol–water partition coefficient (Wildman–Crippen LogP) is -0.525. The smallest absolute Gasteiger partial charge is 0.303 e. The first kappa shape index (κ1) is 13.4. The molecule has 0 unspecified atom stereocenters. The van der Waals surface area contributed by atoms with Gasteiger partial charge in [-0.2, -0.15) is 4.31 Å². The average Bonchev–Trinajstić information content (AvgIpc) is 2.17. The van der Waals surface area contributed by atoms with E-state index in [1.54, 1.807) is 0 Å². The van der Waals surface area contributed by atoms with Crippen molar-refractivity contribution in [2.24, 2.45) is 0 Å². The van der Waals surface area contributed by atoms with Crippen molar-refractivity contribution >= 4 is 16.0 Å². The summed E-state index contributed by atoms with van der Waals surface area (Å²) in [7, 11) is -3.30. The zero-order valence-corrected chi connectivity index (χ0v) is 10.2. The Morgan fingerprint density at radius 1 is 1.56 bits per heavy atom. The highest BCUT2D eigenvalue weighted by Crippen LogP contribution is 2.11. The molecule has 2 N–H and O–H groups in total. The van der Waals surface area contributed by atoms with Crippen molar-refractivity contribution in [1.82, 2.24) is 9.62 Å². The third-order valence-corrected chi connectivity index (χ3v) is 4.65. The average molecular weight is 250 g/mol. The molecule has 0 amide bonds. The molecule has 0 aliphatic carbocycles. The number of nitrogens with zero attached hydrogens (tertiary/aromatic N) is 1. The van der Waals surface area contributed by atoms with Crippen LogP contribution in [0.4, 0.5) is 0 Å². The van der Waals surface area contributed by atoms with E-state index < -0.39 is 16.0 Å². The number of hydrogen-bond acceptors (Lipinski definition) is 4. The van der Waals surface area contributed by atoms with E-state index in [2.05, 4.69) is 5.32 Å². The van der Waals surface area contributed by atoms with Crippen LogP contribution in [0.1, 0.15) is 19.8 Å². The Labute approximate surface area is 95.7 Å². The summed E-state index contributed by atoms with van der Waals surface area (Å²) in [4.78, 5) is 10.3. The zero-order chi connectivity index (χ0) is 12.2. The van der Waals surface area contributed by atoms with Gasteiger partial charge in [-0.1, -0.05) is 0 Å². The molecule has 6 nitrogen and oxygen atoms in total. The van der Waals surface area contributed by atoms with Crippen LogP contribution in [0.25, 0.3) is 0 Å². The number of hydrogen-bond donors (Lipinski definition) is 2. The quantitative estimate of drug-likeness (QED) is 0.685. The molecule has 0 radical (unpaired) electrons. The van der Waals surface area contributed by atoms with Crippen LogP contribution in [-0.2, 0) is 14.8 Å². The highest BCUT2D eigenvalue weighted by molar-refractivity contribution is 7.89. The Hall–Kier alpha value is -0.660. The van der Waals surface area contributed by atoms with Crippen LogP contribution in [-0.4, -0.2) is 55.2 Å². The Bertz CT molecular complexity index is 341. The summed E-state index contributed by atoms with van der Waals surface area (Å²) in [6.07, 6.45) is 0.0774. The number of carboxylic acid groups (broad SMARTS) is 1. The first-order chi connectivity index (χ1) is 7.43. The Morgan fingerprint density at radius 3 is 2.81 bits per heavy atom. The van der Waals surface area contributed by atoms with E-state index >= 15 is 0 Å². The molecule has 1 fully saturated rings. The Balaban J connectivity index is 2.51. The van der Waals surface area contributed by atoms with Crippen molar-refractivity contribution in [3.05, 3.63) is 0 Å². The van der Waals surface area contributed by atoms with Gasteiger partial charge in [-0.25, -0.2) is 8.42 Å². The Morgan fingerprint density at radius 2 is 2.25 bits per heavy atom. The number of nitrogens with one attached hydrogen (secondary N) is 1. The molecule has 1 rings (SSSR count). The molecule has 0 aromatic rings. The third-order valence-electron chi connectivity index (χ3n) is 2.59. The van der Waals surface area contributed by atoms with E-state index in [1.807, 2.05) is 6.92 Å². The number of sulfonamides is 1. The summed E-state index contributed by atoms with van der Waals surface area (Å²) in [5, 5.41) is 11.6. The van der Waals surface area contributed by atoms with Crippen LogP contribution in [0.2, 0.25) is 0 Å². The van der Waals surface area contributed by atoms with Crippen molar-refractivity contribution in [1.29, 1.82) is 0 Å². The summed E-state index contributed by atoms with van der Waals surface area (Å²) in [5.41, 5.74) is 0. The highest BCUT2D eigenvalue weighted by Gasteiger charge is 2.28. The first-order valence-corrected chi connectivity index (χ1v) is 6.96. The van der Waals surface area contributed by atoms with Gasteiger partial charge in [0.15, 0.2) is 0 Å². The second-order valence-corrected chi connectivity index (χ2v) is 6.02. The molecule has 7 heteroatoms. The Kier molecular flexibility index (Phi) is 4.69. The fraction of sp³-hybridized carbons (Fsp3) is 0.889. The summed E-state index contributed by atoms with van der Waals surface area (Å²) in [5.74, 6) is -1.03. The summed E-state index contributed by atoms with van der Waals surface area (Å²) in [6.45, 7) is 3.62. The van der Waals surface area contributed by atoms with E-state index in [9.17, 15) is 13.2 Å². The largest absolute Gasteiger partial charge is 0.481 e. The predicted molar refractivity (Wildman–Crippen MR) is 59.7 cm³/mol. The van der Waals surface area contributed by atoms with Gasteiger partial charge in [0.25, 0.3) is 0 Å². The van der Waals surface area contributed by atoms with Gasteiger partial charge in [-0.3, -0.25) is 4.79 Å². The number of aliphatic carboxylic acids is 1. The molecule has 1 atom stereocenters. The fourth-order valence-electron chi connectivity index (χ4n) is 1.76. The second-order valence-electron chi connectivity index (χ2n) is 3.98. The topological polar surface area (TPSA) is 86.7 Å². The molecule has 0 aromatic heterocycles. The van der Waals surface area contributed by atoms with Crippen LogP contribution in [0.15, 0.2) is 0 Å². The minimum atomic E-state index is -3.30. The lowest BCUT2D eigenvalue weighted by molar-refractivity contribution is -0.137. The van der Waals surface area contributed by atoms with Crippen LogP contribution in [0, 0.1) is 0 Å². The van der Waals surface area contributed by atoms with Gasteiger partial charge >= 0.3 is 5.97 Å². The lowest BCUT2D eigenvalue weighted by atomic mass is 10.3. The molecule has 0 saturated carbocycles. The molecule has 0 bridgehead atoms. The van der Waals surface area contributed by atoms with Crippen molar-refractivity contribution in [2.75, 3.05) is 25.4 Å². The molecule has 94 valence electrons. The summed E-state index contributed by atoms with van der Waals surface area (Å²) >= 11 is 0. The molecule has 1 heterocycles. The molecule has 1 saturated heterocycles. The maximum absolute atomic E-state index is 11.9. The normalized spacial score (nSPS) is 23.2. The van der Waals surface area contributed by atoms with Crippen molar-refractivity contribution in [3.8, 4) is 0 Å². The van der Waals surface area contributed by atoms with Gasteiger partial charge in [0, 0.05) is 32.1 Å². The van der Waals surface area contributed by atoms with Gasteiger partial charge in [0.2, 0.25) is 10.0 Å². The minimum absolute atomic E-state index is 0.0522. The van der Waals surface area contributed by atoms with Crippen molar-refractivity contribution in [2.45, 2.75) is 25.8 Å². The molecule has 0 aromatic carbocycles. The SMILES string of the molecule is C[C@H]1CNCCN1S(=O)(=O)CCCC(=O)O. The molecule has 1 aliphatic rings. The standard InChI is InChI=1S/C9H18N2O4S/c1-8-7-10-4-5-11(8)16(14,15)6-2-3-9(12)13/h8,10H,2-7H2,1H3,(H,12,13)/t8-/m0/s1. The zero-order valence-electron chi connectivity index (χ0n) is 9.35. The third kappa shape index (κ3) is 3.73. The molecule has 16 heavy (non-hydrogen) atoms. The number of piperazine rings is 1. The van der Waals surface area contributed by atoms with Gasteiger partial charge in [-0.15, -0.1) is 0 Å². The van der Waals surface area contributed by atoms with Crippen LogP contribution in [0.5, 0.6) is 0 Å². The number of carboxylic acids is 1.